The number of hydrogen-bond donors (Lipinski definition) is 2. The zero-order valence-electron chi connectivity index (χ0n) is 17.1. The molecule has 3 aromatic rings. The van der Waals surface area contributed by atoms with Crippen LogP contribution in [0.3, 0.4) is 0 Å². The average Bonchev–Trinajstić information content (AvgIpc) is 2.76. The van der Waals surface area contributed by atoms with E-state index in [1.54, 1.807) is 30.3 Å². The largest absolute Gasteiger partial charge is 0.485 e. The lowest BCUT2D eigenvalue weighted by Crippen LogP contribution is -2.40. The van der Waals surface area contributed by atoms with E-state index in [0.717, 1.165) is 11.1 Å². The van der Waals surface area contributed by atoms with E-state index < -0.39 is 16.1 Å². The van der Waals surface area contributed by atoms with Crippen LogP contribution < -0.4 is 19.5 Å². The summed E-state index contributed by atoms with van der Waals surface area (Å²) in [5.74, 6) is 0.725. The Morgan fingerprint density at radius 1 is 0.903 bits per heavy atom. The second-order valence-corrected chi connectivity index (χ2v) is 8.96. The maximum atomic E-state index is 12.7. The topological polar surface area (TPSA) is 93.7 Å². The fourth-order valence-corrected chi connectivity index (χ4v) is 4.16. The zero-order valence-corrected chi connectivity index (χ0v) is 17.9. The molecule has 1 heterocycles. The van der Waals surface area contributed by atoms with Crippen molar-refractivity contribution in [2.75, 3.05) is 16.6 Å². The van der Waals surface area contributed by atoms with E-state index >= 15 is 0 Å². The van der Waals surface area contributed by atoms with Gasteiger partial charge in [0.05, 0.1) is 4.90 Å². The van der Waals surface area contributed by atoms with Crippen molar-refractivity contribution in [3.8, 4) is 11.5 Å². The lowest BCUT2D eigenvalue weighted by molar-refractivity contribution is -0.125. The SMILES string of the molecule is Cc1ccc(NS(=O)(=O)c2ccc(NC(=O)[C@@H]3COc4ccccc4O3)cc2)cc1C. The van der Waals surface area contributed by atoms with Gasteiger partial charge in [0, 0.05) is 11.4 Å². The molecule has 4 rings (SSSR count). The molecule has 0 fully saturated rings. The van der Waals surface area contributed by atoms with Gasteiger partial charge in [-0.2, -0.15) is 0 Å². The van der Waals surface area contributed by atoms with Crippen LogP contribution in [0, 0.1) is 13.8 Å². The fourth-order valence-electron chi connectivity index (χ4n) is 3.11. The van der Waals surface area contributed by atoms with Gasteiger partial charge in [-0.25, -0.2) is 8.42 Å². The highest BCUT2D eigenvalue weighted by Gasteiger charge is 2.27. The molecular formula is C23H22N2O5S. The summed E-state index contributed by atoms with van der Waals surface area (Å²) in [7, 11) is -3.75. The minimum Gasteiger partial charge on any atom is -0.485 e. The van der Waals surface area contributed by atoms with Crippen molar-refractivity contribution in [3.05, 3.63) is 77.9 Å². The van der Waals surface area contributed by atoms with Crippen LogP contribution in [0.1, 0.15) is 11.1 Å². The first-order valence-corrected chi connectivity index (χ1v) is 11.2. The van der Waals surface area contributed by atoms with Crippen LogP contribution in [0.5, 0.6) is 11.5 Å². The number of fused-ring (bicyclic) bond motifs is 1. The van der Waals surface area contributed by atoms with E-state index in [4.69, 9.17) is 9.47 Å². The Bertz CT molecular complexity index is 1220. The molecule has 0 saturated heterocycles. The summed E-state index contributed by atoms with van der Waals surface area (Å²) < 4.78 is 39.1. The summed E-state index contributed by atoms with van der Waals surface area (Å²) in [5.41, 5.74) is 3.03. The van der Waals surface area contributed by atoms with Gasteiger partial charge in [0.25, 0.3) is 15.9 Å². The van der Waals surface area contributed by atoms with Crippen molar-refractivity contribution in [2.45, 2.75) is 24.8 Å². The number of nitrogens with one attached hydrogen (secondary N) is 2. The average molecular weight is 439 g/mol. The van der Waals surface area contributed by atoms with Crippen LogP contribution in [0.2, 0.25) is 0 Å². The van der Waals surface area contributed by atoms with Crippen LogP contribution in [-0.2, 0) is 14.8 Å². The van der Waals surface area contributed by atoms with Crippen molar-refractivity contribution < 1.29 is 22.7 Å². The second kappa shape index (κ2) is 8.31. The first-order valence-electron chi connectivity index (χ1n) is 9.71. The number of hydrogen-bond acceptors (Lipinski definition) is 5. The van der Waals surface area contributed by atoms with Gasteiger partial charge in [-0.15, -0.1) is 0 Å². The highest BCUT2D eigenvalue weighted by molar-refractivity contribution is 7.92. The summed E-state index contributed by atoms with van der Waals surface area (Å²) in [6.07, 6.45) is -0.801. The Balaban J connectivity index is 1.42. The van der Waals surface area contributed by atoms with Gasteiger partial charge < -0.3 is 14.8 Å². The number of para-hydroxylation sites is 2. The quantitative estimate of drug-likeness (QED) is 0.631. The molecule has 0 radical (unpaired) electrons. The number of carbonyl (C=O) groups is 1. The molecule has 0 spiro atoms. The number of aryl methyl sites for hydroxylation is 2. The van der Waals surface area contributed by atoms with Crippen molar-refractivity contribution in [1.29, 1.82) is 0 Å². The third-order valence-electron chi connectivity index (χ3n) is 4.99. The van der Waals surface area contributed by atoms with Crippen molar-refractivity contribution in [3.63, 3.8) is 0 Å². The lowest BCUT2D eigenvalue weighted by Gasteiger charge is -2.25. The van der Waals surface area contributed by atoms with Gasteiger partial charge in [0.2, 0.25) is 6.10 Å². The third kappa shape index (κ3) is 4.64. The normalized spacial score (nSPS) is 15.2. The molecule has 7 nitrogen and oxygen atoms in total. The Morgan fingerprint density at radius 3 is 2.29 bits per heavy atom. The number of rotatable bonds is 5. The first kappa shape index (κ1) is 20.7. The van der Waals surface area contributed by atoms with Crippen molar-refractivity contribution in [2.24, 2.45) is 0 Å². The van der Waals surface area contributed by atoms with Gasteiger partial charge >= 0.3 is 0 Å². The predicted octanol–water partition coefficient (Wildman–Crippen LogP) is 3.88. The van der Waals surface area contributed by atoms with Crippen LogP contribution >= 0.6 is 0 Å². The van der Waals surface area contributed by atoms with E-state index in [0.29, 0.717) is 22.9 Å². The molecule has 3 aromatic carbocycles. The third-order valence-corrected chi connectivity index (χ3v) is 6.39. The molecular weight excluding hydrogens is 416 g/mol. The highest BCUT2D eigenvalue weighted by Crippen LogP contribution is 2.31. The minimum atomic E-state index is -3.75. The Kier molecular flexibility index (Phi) is 5.56. The number of sulfonamides is 1. The van der Waals surface area contributed by atoms with Gasteiger partial charge in [-0.1, -0.05) is 18.2 Å². The zero-order chi connectivity index (χ0) is 22.0. The Hall–Kier alpha value is -3.52. The van der Waals surface area contributed by atoms with Gasteiger partial charge in [-0.05, 0) is 73.5 Å². The minimum absolute atomic E-state index is 0.0925. The second-order valence-electron chi connectivity index (χ2n) is 7.28. The number of carbonyl (C=O) groups excluding carboxylic acids is 1. The molecule has 1 aliphatic rings. The predicted molar refractivity (Wildman–Crippen MR) is 118 cm³/mol. The van der Waals surface area contributed by atoms with Crippen LogP contribution in [0.25, 0.3) is 0 Å². The number of anilines is 2. The summed E-state index contributed by atoms with van der Waals surface area (Å²) in [5, 5.41) is 2.73. The van der Waals surface area contributed by atoms with Crippen molar-refractivity contribution in [1.82, 2.24) is 0 Å². The molecule has 1 amide bonds. The highest BCUT2D eigenvalue weighted by atomic mass is 32.2. The van der Waals surface area contributed by atoms with Crippen LogP contribution in [0.15, 0.2) is 71.6 Å². The summed E-state index contributed by atoms with van der Waals surface area (Å²) in [6.45, 7) is 3.98. The Labute approximate surface area is 181 Å². The summed E-state index contributed by atoms with van der Waals surface area (Å²) >= 11 is 0. The molecule has 0 saturated carbocycles. The molecule has 1 aliphatic heterocycles. The molecule has 0 bridgehead atoms. The van der Waals surface area contributed by atoms with E-state index in [1.165, 1.54) is 24.3 Å². The number of amides is 1. The Morgan fingerprint density at radius 2 is 1.58 bits per heavy atom. The number of ether oxygens (including phenoxy) is 2. The molecule has 0 aliphatic carbocycles. The van der Waals surface area contributed by atoms with Crippen molar-refractivity contribution >= 4 is 27.3 Å². The van der Waals surface area contributed by atoms with Gasteiger partial charge in [0.1, 0.15) is 6.61 Å². The lowest BCUT2D eigenvalue weighted by atomic mass is 10.1. The number of benzene rings is 3. The van der Waals surface area contributed by atoms with E-state index in [-0.39, 0.29) is 17.4 Å². The van der Waals surface area contributed by atoms with Crippen LogP contribution in [-0.4, -0.2) is 27.0 Å². The first-order chi connectivity index (χ1) is 14.8. The molecule has 0 aromatic heterocycles. The maximum Gasteiger partial charge on any atom is 0.269 e. The smallest absolute Gasteiger partial charge is 0.269 e. The summed E-state index contributed by atoms with van der Waals surface area (Å²) in [4.78, 5) is 12.6. The van der Waals surface area contributed by atoms with Crippen LogP contribution in [0.4, 0.5) is 11.4 Å². The fraction of sp³-hybridized carbons (Fsp3) is 0.174. The molecule has 31 heavy (non-hydrogen) atoms. The molecule has 8 heteroatoms. The molecule has 1 atom stereocenters. The molecule has 160 valence electrons. The van der Waals surface area contributed by atoms with E-state index in [1.807, 2.05) is 26.0 Å². The maximum absolute atomic E-state index is 12.7. The van der Waals surface area contributed by atoms with E-state index in [2.05, 4.69) is 10.0 Å². The molecule has 2 N–H and O–H groups in total. The standard InChI is InChI=1S/C23H22N2O5S/c1-15-7-8-18(13-16(15)2)25-31(27,28)19-11-9-17(10-12-19)24-23(26)22-14-29-20-5-3-4-6-21(20)30-22/h3-13,22,25H,14H2,1-2H3,(H,24,26)/t22-/m0/s1. The summed E-state index contributed by atoms with van der Waals surface area (Å²) in [6, 6.07) is 18.4. The monoisotopic (exact) mass is 438 g/mol. The van der Waals surface area contributed by atoms with Gasteiger partial charge in [0.15, 0.2) is 11.5 Å². The molecule has 0 unspecified atom stereocenters. The van der Waals surface area contributed by atoms with E-state index in [9.17, 15) is 13.2 Å². The van der Waals surface area contributed by atoms with Gasteiger partial charge in [-0.3, -0.25) is 9.52 Å².